The van der Waals surface area contributed by atoms with E-state index in [4.69, 9.17) is 4.74 Å². The molecule has 0 saturated heterocycles. The molecule has 24 heavy (non-hydrogen) atoms. The van der Waals surface area contributed by atoms with Crippen LogP contribution in [-0.2, 0) is 29.1 Å². The molecule has 1 aromatic carbocycles. The molecule has 0 radical (unpaired) electrons. The maximum atomic E-state index is 12.9. The number of aromatic nitrogens is 1. The first kappa shape index (κ1) is 16.3. The zero-order valence-electron chi connectivity index (χ0n) is 13.7. The van der Waals surface area contributed by atoms with E-state index in [1.807, 2.05) is 36.4 Å². The second-order valence-corrected chi connectivity index (χ2v) is 5.81. The number of nitrogens with zero attached hydrogens (tertiary/aromatic N) is 1. The lowest BCUT2D eigenvalue weighted by Crippen LogP contribution is -2.39. The monoisotopic (exact) mass is 327 g/mol. The maximum Gasteiger partial charge on any atom is 0.271 e. The summed E-state index contributed by atoms with van der Waals surface area (Å²) >= 11 is 0. The molecule has 1 aromatic heterocycles. The lowest BCUT2D eigenvalue weighted by molar-refractivity contribution is -0.121. The molecule has 6 heteroatoms. The van der Waals surface area contributed by atoms with E-state index in [1.165, 1.54) is 0 Å². The van der Waals surface area contributed by atoms with Crippen molar-refractivity contribution < 1.29 is 14.3 Å². The van der Waals surface area contributed by atoms with Crippen molar-refractivity contribution >= 4 is 11.8 Å². The largest absolute Gasteiger partial charge is 0.376 e. The number of benzene rings is 1. The van der Waals surface area contributed by atoms with Crippen LogP contribution in [-0.4, -0.2) is 41.9 Å². The Morgan fingerprint density at radius 1 is 1.29 bits per heavy atom. The van der Waals surface area contributed by atoms with E-state index in [9.17, 15) is 9.59 Å². The van der Waals surface area contributed by atoms with Crippen LogP contribution in [0.5, 0.6) is 0 Å². The number of aromatic amines is 1. The fourth-order valence-electron chi connectivity index (χ4n) is 2.79. The Hall–Kier alpha value is -2.60. The summed E-state index contributed by atoms with van der Waals surface area (Å²) < 4.78 is 5.42. The second-order valence-electron chi connectivity index (χ2n) is 5.81. The van der Waals surface area contributed by atoms with E-state index in [2.05, 4.69) is 10.3 Å². The van der Waals surface area contributed by atoms with Crippen molar-refractivity contribution in [1.82, 2.24) is 15.2 Å². The zero-order chi connectivity index (χ0) is 16.9. The van der Waals surface area contributed by atoms with Gasteiger partial charge >= 0.3 is 0 Å². The summed E-state index contributed by atoms with van der Waals surface area (Å²) in [5.74, 6) is -0.379. The van der Waals surface area contributed by atoms with E-state index in [1.54, 1.807) is 11.9 Å². The van der Waals surface area contributed by atoms with Crippen molar-refractivity contribution in [1.29, 1.82) is 0 Å². The van der Waals surface area contributed by atoms with Gasteiger partial charge in [-0.25, -0.2) is 0 Å². The Morgan fingerprint density at radius 3 is 2.79 bits per heavy atom. The minimum Gasteiger partial charge on any atom is -0.376 e. The summed E-state index contributed by atoms with van der Waals surface area (Å²) in [6.07, 6.45) is 0.775. The summed E-state index contributed by atoms with van der Waals surface area (Å²) in [6.45, 7) is 1.58. The van der Waals surface area contributed by atoms with E-state index in [0.717, 1.165) is 23.2 Å². The molecule has 0 saturated carbocycles. The van der Waals surface area contributed by atoms with Crippen LogP contribution in [0, 0.1) is 0 Å². The molecule has 0 bridgehead atoms. The number of ether oxygens (including phenoxy) is 1. The van der Waals surface area contributed by atoms with Crippen LogP contribution in [0.2, 0.25) is 0 Å². The van der Waals surface area contributed by atoms with Gasteiger partial charge < -0.3 is 19.9 Å². The lowest BCUT2D eigenvalue weighted by Gasteiger charge is -2.21. The molecule has 1 aliphatic rings. The molecular weight excluding hydrogens is 306 g/mol. The quantitative estimate of drug-likeness (QED) is 0.873. The van der Waals surface area contributed by atoms with Crippen LogP contribution in [0.25, 0.3) is 0 Å². The number of fused-ring (bicyclic) bond motifs is 1. The number of H-pyrrole nitrogens is 1. The van der Waals surface area contributed by atoms with E-state index in [0.29, 0.717) is 25.5 Å². The Balaban J connectivity index is 1.82. The Kier molecular flexibility index (Phi) is 4.96. The minimum absolute atomic E-state index is 0.0183. The number of carbonyl (C=O) groups is 2. The van der Waals surface area contributed by atoms with Crippen molar-refractivity contribution in [3.63, 3.8) is 0 Å². The molecule has 126 valence electrons. The molecule has 0 atom stereocenters. The highest BCUT2D eigenvalue weighted by molar-refractivity contribution is 5.95. The molecule has 0 fully saturated rings. The summed E-state index contributed by atoms with van der Waals surface area (Å²) in [5, 5.41) is 2.57. The van der Waals surface area contributed by atoms with Gasteiger partial charge in [0.05, 0.1) is 13.2 Å². The van der Waals surface area contributed by atoms with Crippen LogP contribution >= 0.6 is 0 Å². The summed E-state index contributed by atoms with van der Waals surface area (Å²) in [5.41, 5.74) is 3.55. The molecule has 1 aliphatic heterocycles. The van der Waals surface area contributed by atoms with Gasteiger partial charge in [0.1, 0.15) is 12.2 Å². The van der Waals surface area contributed by atoms with Gasteiger partial charge in [0.2, 0.25) is 5.91 Å². The average molecular weight is 327 g/mol. The van der Waals surface area contributed by atoms with Gasteiger partial charge in [-0.1, -0.05) is 30.3 Å². The number of rotatable bonds is 5. The van der Waals surface area contributed by atoms with E-state index in [-0.39, 0.29) is 18.4 Å². The molecule has 0 spiro atoms. The second kappa shape index (κ2) is 7.31. The van der Waals surface area contributed by atoms with Gasteiger partial charge in [-0.05, 0) is 17.2 Å². The maximum absolute atomic E-state index is 12.9. The predicted molar refractivity (Wildman–Crippen MR) is 89.4 cm³/mol. The van der Waals surface area contributed by atoms with E-state index < -0.39 is 0 Å². The number of nitrogens with one attached hydrogen (secondary N) is 2. The van der Waals surface area contributed by atoms with Crippen LogP contribution in [0.3, 0.4) is 0 Å². The lowest BCUT2D eigenvalue weighted by atomic mass is 10.1. The minimum atomic E-state index is -0.195. The first-order chi connectivity index (χ1) is 11.7. The number of hydrogen-bond donors (Lipinski definition) is 2. The van der Waals surface area contributed by atoms with Crippen LogP contribution < -0.4 is 5.32 Å². The SMILES string of the molecule is CNC(=O)CN(Cc1ccccc1)C(=O)c1cc2c([nH]1)CCOC2. The van der Waals surface area contributed by atoms with Gasteiger partial charge in [-0.2, -0.15) is 0 Å². The summed E-state index contributed by atoms with van der Waals surface area (Å²) in [6, 6.07) is 11.5. The highest BCUT2D eigenvalue weighted by Crippen LogP contribution is 2.19. The molecule has 0 unspecified atom stereocenters. The molecule has 3 rings (SSSR count). The molecule has 2 N–H and O–H groups in total. The van der Waals surface area contributed by atoms with Gasteiger partial charge in [0, 0.05) is 25.7 Å². The molecule has 2 heterocycles. The third-order valence-corrected chi connectivity index (χ3v) is 4.09. The Labute approximate surface area is 140 Å². The van der Waals surface area contributed by atoms with Gasteiger partial charge in [-0.15, -0.1) is 0 Å². The van der Waals surface area contributed by atoms with Crippen molar-refractivity contribution in [3.05, 3.63) is 58.9 Å². The van der Waals surface area contributed by atoms with Crippen LogP contribution in [0.1, 0.15) is 27.3 Å². The van der Waals surface area contributed by atoms with Crippen molar-refractivity contribution in [2.75, 3.05) is 20.2 Å². The molecule has 6 nitrogen and oxygen atoms in total. The van der Waals surface area contributed by atoms with Crippen molar-refractivity contribution in [3.8, 4) is 0 Å². The number of amides is 2. The third kappa shape index (κ3) is 3.65. The van der Waals surface area contributed by atoms with Gasteiger partial charge in [-0.3, -0.25) is 9.59 Å². The summed E-state index contributed by atoms with van der Waals surface area (Å²) in [4.78, 5) is 29.4. The van der Waals surface area contributed by atoms with Gasteiger partial charge in [0.25, 0.3) is 5.91 Å². The first-order valence-electron chi connectivity index (χ1n) is 7.99. The molecule has 2 amide bonds. The normalized spacial score (nSPS) is 13.2. The van der Waals surface area contributed by atoms with Crippen molar-refractivity contribution in [2.24, 2.45) is 0 Å². The van der Waals surface area contributed by atoms with Crippen molar-refractivity contribution in [2.45, 2.75) is 19.6 Å². The standard InChI is InChI=1S/C18H21N3O3/c1-19-17(22)11-21(10-13-5-3-2-4-6-13)18(23)16-9-14-12-24-8-7-15(14)20-16/h2-6,9,20H,7-8,10-12H2,1H3,(H,19,22). The number of hydrogen-bond acceptors (Lipinski definition) is 3. The number of carbonyl (C=O) groups excluding carboxylic acids is 2. The average Bonchev–Trinajstić information content (AvgIpc) is 3.05. The van der Waals surface area contributed by atoms with E-state index >= 15 is 0 Å². The third-order valence-electron chi connectivity index (χ3n) is 4.09. The fraction of sp³-hybridized carbons (Fsp3) is 0.333. The summed E-state index contributed by atoms with van der Waals surface area (Å²) in [7, 11) is 1.57. The Bertz CT molecular complexity index is 701. The van der Waals surface area contributed by atoms with Crippen LogP contribution in [0.4, 0.5) is 0 Å². The molecule has 0 aliphatic carbocycles. The Morgan fingerprint density at radius 2 is 2.08 bits per heavy atom. The first-order valence-corrected chi connectivity index (χ1v) is 7.99. The fourth-order valence-corrected chi connectivity index (χ4v) is 2.79. The highest BCUT2D eigenvalue weighted by atomic mass is 16.5. The highest BCUT2D eigenvalue weighted by Gasteiger charge is 2.23. The predicted octanol–water partition coefficient (Wildman–Crippen LogP) is 1.48. The molecule has 2 aromatic rings. The number of likely N-dealkylation sites (N-methyl/N-ethyl adjacent to an activating group) is 1. The van der Waals surface area contributed by atoms with Gasteiger partial charge in [0.15, 0.2) is 0 Å². The zero-order valence-corrected chi connectivity index (χ0v) is 13.7. The molecular formula is C18H21N3O3. The smallest absolute Gasteiger partial charge is 0.271 e. The topological polar surface area (TPSA) is 74.4 Å². The van der Waals surface area contributed by atoms with Crippen LogP contribution in [0.15, 0.2) is 36.4 Å².